The van der Waals surface area contributed by atoms with Gasteiger partial charge in [0.05, 0.1) is 41.2 Å². The van der Waals surface area contributed by atoms with Crippen molar-refractivity contribution in [3.05, 3.63) is 52.8 Å². The van der Waals surface area contributed by atoms with Gasteiger partial charge in [0.15, 0.2) is 0 Å². The Hall–Kier alpha value is -3.09. The molecule has 3 rings (SSSR count). The zero-order valence-corrected chi connectivity index (χ0v) is 14.9. The molecule has 3 N–H and O–H groups in total. The molecule has 0 aromatic carbocycles. The van der Waals surface area contributed by atoms with E-state index in [1.807, 2.05) is 6.92 Å². The Balaban J connectivity index is 1.80. The lowest BCUT2D eigenvalue weighted by molar-refractivity contribution is -0.113. The number of anilines is 2. The quantitative estimate of drug-likeness (QED) is 0.689. The second-order valence-corrected chi connectivity index (χ2v) is 6.24. The monoisotopic (exact) mass is 368 g/mol. The van der Waals surface area contributed by atoms with Crippen LogP contribution in [0.15, 0.2) is 47.3 Å². The van der Waals surface area contributed by atoms with Crippen LogP contribution >= 0.6 is 11.9 Å². The molecule has 2 aromatic rings. The van der Waals surface area contributed by atoms with E-state index in [0.717, 1.165) is 0 Å². The van der Waals surface area contributed by atoms with Gasteiger partial charge >= 0.3 is 0 Å². The van der Waals surface area contributed by atoms with E-state index >= 15 is 0 Å². The topological polar surface area (TPSA) is 112 Å². The Kier molecular flexibility index (Phi) is 5.36. The molecule has 3 heterocycles. The van der Waals surface area contributed by atoms with Crippen LogP contribution in [0, 0.1) is 11.3 Å². The molecule has 0 radical (unpaired) electrons. The lowest BCUT2D eigenvalue weighted by Gasteiger charge is -2.11. The van der Waals surface area contributed by atoms with Crippen LogP contribution in [0.25, 0.3) is 0 Å². The molecular formula is C17H16N6O2S. The number of nitrogens with zero attached hydrogens (tertiary/aromatic N) is 3. The van der Waals surface area contributed by atoms with E-state index in [9.17, 15) is 4.79 Å². The minimum atomic E-state index is -0.249. The first kappa shape index (κ1) is 17.7. The maximum absolute atomic E-state index is 12.7. The molecule has 2 aromatic heterocycles. The van der Waals surface area contributed by atoms with E-state index in [4.69, 9.17) is 10.00 Å². The third-order valence-corrected chi connectivity index (χ3v) is 4.59. The van der Waals surface area contributed by atoms with E-state index < -0.39 is 0 Å². The Labute approximate surface area is 154 Å². The second kappa shape index (κ2) is 7.86. The number of aromatic nitrogens is 2. The van der Waals surface area contributed by atoms with Gasteiger partial charge in [0.2, 0.25) is 5.88 Å². The third-order valence-electron chi connectivity index (χ3n) is 3.59. The fourth-order valence-electron chi connectivity index (χ4n) is 2.31. The van der Waals surface area contributed by atoms with Gasteiger partial charge in [-0.3, -0.25) is 9.52 Å². The maximum atomic E-state index is 12.7. The van der Waals surface area contributed by atoms with Crippen LogP contribution < -0.4 is 20.1 Å². The lowest BCUT2D eigenvalue weighted by Crippen LogP contribution is -2.26. The number of nitriles is 1. The normalized spacial score (nSPS) is 16.1. The highest BCUT2D eigenvalue weighted by molar-refractivity contribution is 8.01. The van der Waals surface area contributed by atoms with Crippen LogP contribution in [0.1, 0.15) is 12.5 Å². The first-order valence-corrected chi connectivity index (χ1v) is 8.53. The standard InChI is InChI=1S/C17H16N6O2S/c1-10-15(16(24)21-12-3-4-14(25-2)20-9-12)17(26-23-10)22-13-7-11(8-18)5-6-19-13/h3-7,9-10,23H,1-2H3,(H,19,22)(H,21,24). The van der Waals surface area contributed by atoms with Crippen molar-refractivity contribution in [3.63, 3.8) is 0 Å². The van der Waals surface area contributed by atoms with Crippen molar-refractivity contribution in [3.8, 4) is 11.9 Å². The number of hydrogen-bond acceptors (Lipinski definition) is 8. The molecule has 9 heteroatoms. The number of nitrogens with one attached hydrogen (secondary N) is 3. The molecule has 1 aliphatic rings. The summed E-state index contributed by atoms with van der Waals surface area (Å²) >= 11 is 1.31. The highest BCUT2D eigenvalue weighted by atomic mass is 32.2. The largest absolute Gasteiger partial charge is 0.481 e. The van der Waals surface area contributed by atoms with Gasteiger partial charge in [-0.1, -0.05) is 0 Å². The summed E-state index contributed by atoms with van der Waals surface area (Å²) in [4.78, 5) is 21.0. The van der Waals surface area contributed by atoms with Crippen LogP contribution in [-0.2, 0) is 4.79 Å². The summed E-state index contributed by atoms with van der Waals surface area (Å²) in [5, 5.41) is 15.6. The SMILES string of the molecule is COc1ccc(NC(=O)C2=C(Nc3cc(C#N)ccn3)SNC2C)cn1. The molecule has 0 fully saturated rings. The minimum Gasteiger partial charge on any atom is -0.481 e. The molecule has 132 valence electrons. The molecule has 26 heavy (non-hydrogen) atoms. The van der Waals surface area contributed by atoms with Crippen molar-refractivity contribution in [2.45, 2.75) is 13.0 Å². The number of carbonyl (C=O) groups excluding carboxylic acids is 1. The third kappa shape index (κ3) is 3.93. The molecule has 1 aliphatic heterocycles. The molecule has 0 aliphatic carbocycles. The van der Waals surface area contributed by atoms with Gasteiger partial charge in [0.1, 0.15) is 5.82 Å². The smallest absolute Gasteiger partial charge is 0.255 e. The van der Waals surface area contributed by atoms with E-state index in [1.165, 1.54) is 25.3 Å². The molecule has 0 saturated carbocycles. The first-order valence-electron chi connectivity index (χ1n) is 7.72. The lowest BCUT2D eigenvalue weighted by atomic mass is 10.1. The van der Waals surface area contributed by atoms with E-state index in [-0.39, 0.29) is 11.9 Å². The van der Waals surface area contributed by atoms with Crippen LogP contribution in [0.3, 0.4) is 0 Å². The molecule has 1 amide bonds. The van der Waals surface area contributed by atoms with Gasteiger partial charge in [0, 0.05) is 18.3 Å². The van der Waals surface area contributed by atoms with E-state index in [0.29, 0.717) is 33.6 Å². The number of methoxy groups -OCH3 is 1. The fourth-order valence-corrected chi connectivity index (χ4v) is 3.26. The van der Waals surface area contributed by atoms with Gasteiger partial charge in [-0.25, -0.2) is 9.97 Å². The predicted octanol–water partition coefficient (Wildman–Crippen LogP) is 2.26. The van der Waals surface area contributed by atoms with Gasteiger partial charge in [-0.15, -0.1) is 0 Å². The number of rotatable bonds is 5. The number of amides is 1. The highest BCUT2D eigenvalue weighted by Crippen LogP contribution is 2.30. The van der Waals surface area contributed by atoms with E-state index in [2.05, 4.69) is 31.4 Å². The summed E-state index contributed by atoms with van der Waals surface area (Å²) in [6, 6.07) is 8.53. The second-order valence-electron chi connectivity index (χ2n) is 5.39. The number of ether oxygens (including phenoxy) is 1. The molecule has 0 spiro atoms. The van der Waals surface area contributed by atoms with Crippen molar-refractivity contribution in [2.24, 2.45) is 0 Å². The zero-order valence-electron chi connectivity index (χ0n) is 14.1. The minimum absolute atomic E-state index is 0.159. The molecule has 1 unspecified atom stereocenters. The maximum Gasteiger partial charge on any atom is 0.255 e. The van der Waals surface area contributed by atoms with Crippen LogP contribution in [0.2, 0.25) is 0 Å². The predicted molar refractivity (Wildman–Crippen MR) is 99.2 cm³/mol. The Morgan fingerprint density at radius 2 is 2.23 bits per heavy atom. The van der Waals surface area contributed by atoms with Gasteiger partial charge in [-0.2, -0.15) is 5.26 Å². The van der Waals surface area contributed by atoms with Gasteiger partial charge in [-0.05, 0) is 37.1 Å². The van der Waals surface area contributed by atoms with Crippen molar-refractivity contribution < 1.29 is 9.53 Å². The highest BCUT2D eigenvalue weighted by Gasteiger charge is 2.28. The van der Waals surface area contributed by atoms with Gasteiger partial charge in [0.25, 0.3) is 5.91 Å². The van der Waals surface area contributed by atoms with Crippen LogP contribution in [0.5, 0.6) is 5.88 Å². The molecular weight excluding hydrogens is 352 g/mol. The molecule has 0 bridgehead atoms. The summed E-state index contributed by atoms with van der Waals surface area (Å²) in [6.07, 6.45) is 3.07. The average molecular weight is 368 g/mol. The summed E-state index contributed by atoms with van der Waals surface area (Å²) in [7, 11) is 1.53. The molecule has 0 saturated heterocycles. The Morgan fingerprint density at radius 3 is 2.92 bits per heavy atom. The molecule has 8 nitrogen and oxygen atoms in total. The van der Waals surface area contributed by atoms with Crippen molar-refractivity contribution in [2.75, 3.05) is 17.7 Å². The number of carbonyl (C=O) groups is 1. The van der Waals surface area contributed by atoms with Gasteiger partial charge < -0.3 is 15.4 Å². The summed E-state index contributed by atoms with van der Waals surface area (Å²) in [5.74, 6) is 0.722. The Morgan fingerprint density at radius 1 is 1.38 bits per heavy atom. The Bertz CT molecular complexity index is 891. The van der Waals surface area contributed by atoms with Crippen molar-refractivity contribution >= 4 is 29.4 Å². The fraction of sp³-hybridized carbons (Fsp3) is 0.176. The van der Waals surface area contributed by atoms with E-state index in [1.54, 1.807) is 30.5 Å². The zero-order chi connectivity index (χ0) is 18.5. The van der Waals surface area contributed by atoms with Crippen LogP contribution in [-0.4, -0.2) is 29.0 Å². The molecule has 1 atom stereocenters. The van der Waals surface area contributed by atoms with Crippen molar-refractivity contribution in [1.82, 2.24) is 14.7 Å². The summed E-state index contributed by atoms with van der Waals surface area (Å²) in [5.41, 5.74) is 1.61. The summed E-state index contributed by atoms with van der Waals surface area (Å²) in [6.45, 7) is 1.89. The number of pyridine rings is 2. The van der Waals surface area contributed by atoms with Crippen LogP contribution in [0.4, 0.5) is 11.5 Å². The number of hydrogen-bond donors (Lipinski definition) is 3. The average Bonchev–Trinajstić information content (AvgIpc) is 3.02. The van der Waals surface area contributed by atoms with Crippen molar-refractivity contribution in [1.29, 1.82) is 5.26 Å². The first-order chi connectivity index (χ1) is 12.6. The summed E-state index contributed by atoms with van der Waals surface area (Å²) < 4.78 is 8.15.